The molecule has 144 valence electrons. The summed E-state index contributed by atoms with van der Waals surface area (Å²) in [7, 11) is 0. The van der Waals surface area contributed by atoms with Gasteiger partial charge in [-0.3, -0.25) is 14.7 Å². The Hall–Kier alpha value is -1.79. The Morgan fingerprint density at radius 2 is 2.07 bits per heavy atom. The molecule has 1 N–H and O–H groups in total. The second-order valence-corrected chi connectivity index (χ2v) is 9.63. The van der Waals surface area contributed by atoms with Gasteiger partial charge in [0.2, 0.25) is 5.91 Å². The number of aromatic nitrogens is 2. The summed E-state index contributed by atoms with van der Waals surface area (Å²) in [6.45, 7) is 9.02. The van der Waals surface area contributed by atoms with Crippen LogP contribution in [0.15, 0.2) is 18.3 Å². The van der Waals surface area contributed by atoms with Crippen molar-refractivity contribution in [1.82, 2.24) is 14.9 Å². The maximum absolute atomic E-state index is 11.1. The lowest BCUT2D eigenvalue weighted by Crippen LogP contribution is -2.40. The third-order valence-corrected chi connectivity index (χ3v) is 6.74. The van der Waals surface area contributed by atoms with E-state index in [1.54, 1.807) is 11.3 Å². The standard InChI is InChI=1S/C21H28N4OS/c1-14-6-17(7-15(2)23-14)8-18-9-21(10-18)4-5-25(13-21)12-19-11-22-20(27-19)24-16(3)26/h6-7,11,18H,4-5,8-10,12-13H2,1-3H3,(H,22,24,26). The van der Waals surface area contributed by atoms with Crippen molar-refractivity contribution in [3.05, 3.63) is 40.2 Å². The summed E-state index contributed by atoms with van der Waals surface area (Å²) in [6.07, 6.45) is 7.11. The van der Waals surface area contributed by atoms with Gasteiger partial charge < -0.3 is 5.32 Å². The molecule has 1 spiro atoms. The van der Waals surface area contributed by atoms with Gasteiger partial charge >= 0.3 is 0 Å². The molecule has 1 aliphatic heterocycles. The van der Waals surface area contributed by atoms with Crippen molar-refractivity contribution in [3.63, 3.8) is 0 Å². The smallest absolute Gasteiger partial charge is 0.223 e. The summed E-state index contributed by atoms with van der Waals surface area (Å²) in [5, 5.41) is 3.48. The molecule has 5 nitrogen and oxygen atoms in total. The molecule has 1 saturated heterocycles. The van der Waals surface area contributed by atoms with Gasteiger partial charge in [-0.05, 0) is 75.1 Å². The van der Waals surface area contributed by atoms with E-state index in [1.807, 2.05) is 6.20 Å². The minimum atomic E-state index is -0.0591. The first-order valence-corrected chi connectivity index (χ1v) is 10.6. The van der Waals surface area contributed by atoms with E-state index >= 15 is 0 Å². The number of aryl methyl sites for hydroxylation is 2. The molecule has 2 aromatic rings. The van der Waals surface area contributed by atoms with Gasteiger partial charge in [-0.15, -0.1) is 11.3 Å². The average Bonchev–Trinajstić information content (AvgIpc) is 3.13. The molecule has 1 amide bonds. The van der Waals surface area contributed by atoms with Gasteiger partial charge in [0.1, 0.15) is 0 Å². The normalized spacial score (nSPS) is 24.9. The molecule has 2 aromatic heterocycles. The summed E-state index contributed by atoms with van der Waals surface area (Å²) in [5.74, 6) is 0.761. The van der Waals surface area contributed by atoms with Crippen LogP contribution < -0.4 is 5.32 Å². The fraction of sp³-hybridized carbons (Fsp3) is 0.571. The number of thiazole rings is 1. The molecule has 0 radical (unpaired) electrons. The van der Waals surface area contributed by atoms with E-state index in [0.717, 1.165) is 23.9 Å². The fourth-order valence-corrected chi connectivity index (χ4v) is 5.89. The summed E-state index contributed by atoms with van der Waals surface area (Å²) in [6, 6.07) is 4.49. The third-order valence-electron chi connectivity index (χ3n) is 5.84. The second-order valence-electron chi connectivity index (χ2n) is 8.51. The van der Waals surface area contributed by atoms with Crippen LogP contribution in [-0.2, 0) is 17.8 Å². The number of hydrogen-bond donors (Lipinski definition) is 1. The molecule has 0 aromatic carbocycles. The molecule has 0 unspecified atom stereocenters. The molecule has 27 heavy (non-hydrogen) atoms. The van der Waals surface area contributed by atoms with E-state index in [9.17, 15) is 4.79 Å². The molecule has 0 atom stereocenters. The number of nitrogens with one attached hydrogen (secondary N) is 1. The van der Waals surface area contributed by atoms with Crippen LogP contribution in [0.4, 0.5) is 5.13 Å². The average molecular weight is 385 g/mol. The van der Waals surface area contributed by atoms with Crippen LogP contribution >= 0.6 is 11.3 Å². The molecule has 1 aliphatic carbocycles. The maximum Gasteiger partial charge on any atom is 0.223 e. The second kappa shape index (κ2) is 7.32. The zero-order valence-electron chi connectivity index (χ0n) is 16.4. The molecule has 4 rings (SSSR count). The fourth-order valence-electron chi connectivity index (χ4n) is 4.99. The summed E-state index contributed by atoms with van der Waals surface area (Å²) in [5.41, 5.74) is 4.25. The number of hydrogen-bond acceptors (Lipinski definition) is 5. The van der Waals surface area contributed by atoms with E-state index < -0.39 is 0 Å². The molecule has 1 saturated carbocycles. The number of pyridine rings is 1. The van der Waals surface area contributed by atoms with Crippen molar-refractivity contribution in [2.45, 2.75) is 53.0 Å². The minimum absolute atomic E-state index is 0.0591. The number of carbonyl (C=O) groups excluding carboxylic acids is 1. The van der Waals surface area contributed by atoms with Crippen molar-refractivity contribution in [2.75, 3.05) is 18.4 Å². The SMILES string of the molecule is CC(=O)Nc1ncc(CN2CCC3(CC(Cc4cc(C)nc(C)c4)C3)C2)s1. The highest BCUT2D eigenvalue weighted by Gasteiger charge is 2.47. The number of amides is 1. The first-order chi connectivity index (χ1) is 12.9. The van der Waals surface area contributed by atoms with Crippen LogP contribution in [0.5, 0.6) is 0 Å². The third kappa shape index (κ3) is 4.38. The maximum atomic E-state index is 11.1. The lowest BCUT2D eigenvalue weighted by atomic mass is 9.60. The first-order valence-electron chi connectivity index (χ1n) is 9.78. The van der Waals surface area contributed by atoms with Crippen LogP contribution in [-0.4, -0.2) is 33.9 Å². The zero-order chi connectivity index (χ0) is 19.0. The van der Waals surface area contributed by atoms with Crippen molar-refractivity contribution < 1.29 is 4.79 Å². The Balaban J connectivity index is 1.28. The van der Waals surface area contributed by atoms with E-state index in [1.165, 1.54) is 56.1 Å². The summed E-state index contributed by atoms with van der Waals surface area (Å²) < 4.78 is 0. The van der Waals surface area contributed by atoms with Gasteiger partial charge in [0.05, 0.1) is 0 Å². The number of anilines is 1. The minimum Gasteiger partial charge on any atom is -0.302 e. The first kappa shape index (κ1) is 18.6. The molecule has 2 aliphatic rings. The summed E-state index contributed by atoms with van der Waals surface area (Å²) >= 11 is 1.59. The lowest BCUT2D eigenvalue weighted by Gasteiger charge is -2.45. The van der Waals surface area contributed by atoms with Gasteiger partial charge in [0.15, 0.2) is 5.13 Å². The van der Waals surface area contributed by atoms with Gasteiger partial charge in [0, 0.05) is 42.5 Å². The quantitative estimate of drug-likeness (QED) is 0.848. The Kier molecular flexibility index (Phi) is 5.03. The van der Waals surface area contributed by atoms with Crippen LogP contribution in [0, 0.1) is 25.2 Å². The predicted molar refractivity (Wildman–Crippen MR) is 109 cm³/mol. The van der Waals surface area contributed by atoms with Crippen molar-refractivity contribution in [2.24, 2.45) is 11.3 Å². The highest BCUT2D eigenvalue weighted by atomic mass is 32.1. The van der Waals surface area contributed by atoms with Gasteiger partial charge in [-0.2, -0.15) is 0 Å². The number of rotatable bonds is 5. The zero-order valence-corrected chi connectivity index (χ0v) is 17.2. The molecule has 6 heteroatoms. The molecule has 0 bridgehead atoms. The van der Waals surface area contributed by atoms with Crippen LogP contribution in [0.2, 0.25) is 0 Å². The van der Waals surface area contributed by atoms with Crippen LogP contribution in [0.3, 0.4) is 0 Å². The van der Waals surface area contributed by atoms with Crippen molar-refractivity contribution in [1.29, 1.82) is 0 Å². The number of carbonyl (C=O) groups is 1. The van der Waals surface area contributed by atoms with E-state index in [0.29, 0.717) is 10.5 Å². The van der Waals surface area contributed by atoms with Crippen LogP contribution in [0.25, 0.3) is 0 Å². The van der Waals surface area contributed by atoms with Gasteiger partial charge in [-0.25, -0.2) is 4.98 Å². The van der Waals surface area contributed by atoms with Crippen LogP contribution in [0.1, 0.15) is 48.0 Å². The number of nitrogens with zero attached hydrogens (tertiary/aromatic N) is 3. The Labute approximate surface area is 165 Å². The predicted octanol–water partition coefficient (Wildman–Crippen LogP) is 3.96. The molecule has 2 fully saturated rings. The van der Waals surface area contributed by atoms with Crippen molar-refractivity contribution in [3.8, 4) is 0 Å². The molecule has 3 heterocycles. The summed E-state index contributed by atoms with van der Waals surface area (Å²) in [4.78, 5) is 23.7. The lowest BCUT2D eigenvalue weighted by molar-refractivity contribution is -0.114. The van der Waals surface area contributed by atoms with Gasteiger partial charge in [-0.1, -0.05) is 0 Å². The largest absolute Gasteiger partial charge is 0.302 e. The monoisotopic (exact) mass is 384 g/mol. The Morgan fingerprint density at radius 3 is 2.78 bits per heavy atom. The van der Waals surface area contributed by atoms with Gasteiger partial charge in [0.25, 0.3) is 0 Å². The number of likely N-dealkylation sites (tertiary alicyclic amines) is 1. The molecular formula is C21H28N4OS. The van der Waals surface area contributed by atoms with E-state index in [4.69, 9.17) is 0 Å². The Morgan fingerprint density at radius 1 is 1.33 bits per heavy atom. The molecular weight excluding hydrogens is 356 g/mol. The highest BCUT2D eigenvalue weighted by Crippen LogP contribution is 2.53. The Bertz CT molecular complexity index is 820. The topological polar surface area (TPSA) is 58.1 Å². The van der Waals surface area contributed by atoms with Crippen molar-refractivity contribution >= 4 is 22.4 Å². The van der Waals surface area contributed by atoms with E-state index in [2.05, 4.69) is 46.2 Å². The van der Waals surface area contributed by atoms with E-state index in [-0.39, 0.29) is 5.91 Å². The highest BCUT2D eigenvalue weighted by molar-refractivity contribution is 7.15.